The second kappa shape index (κ2) is 8.87. The van der Waals surface area contributed by atoms with Crippen molar-refractivity contribution in [2.24, 2.45) is 0 Å². The predicted molar refractivity (Wildman–Crippen MR) is 77.0 cm³/mol. The molecule has 0 aliphatic rings. The molecule has 1 aromatic rings. The maximum absolute atomic E-state index is 10.6. The zero-order valence-electron chi connectivity index (χ0n) is 11.6. The highest BCUT2D eigenvalue weighted by Gasteiger charge is 2.10. The summed E-state index contributed by atoms with van der Waals surface area (Å²) in [6, 6.07) is 0. The van der Waals surface area contributed by atoms with Crippen LogP contribution in [-0.2, 0) is 16.0 Å². The number of carboxylic acids is 1. The van der Waals surface area contributed by atoms with Gasteiger partial charge in [-0.1, -0.05) is 13.3 Å². The minimum absolute atomic E-state index is 0.00978. The Bertz CT molecular complexity index is 393. The van der Waals surface area contributed by atoms with E-state index in [1.54, 1.807) is 0 Å². The van der Waals surface area contributed by atoms with E-state index < -0.39 is 5.97 Å². The molecule has 0 amide bonds. The van der Waals surface area contributed by atoms with Gasteiger partial charge in [-0.3, -0.25) is 4.79 Å². The van der Waals surface area contributed by atoms with Crippen LogP contribution in [0, 0.1) is 6.92 Å². The van der Waals surface area contributed by atoms with E-state index >= 15 is 0 Å². The number of thiazole rings is 1. The normalized spacial score (nSPS) is 10.6. The molecule has 6 heteroatoms. The van der Waals surface area contributed by atoms with Gasteiger partial charge in [0, 0.05) is 24.6 Å². The third kappa shape index (κ3) is 6.54. The topological polar surface area (TPSA) is 71.5 Å². The predicted octanol–water partition coefficient (Wildman–Crippen LogP) is 2.70. The number of hydrogen-bond acceptors (Lipinski definition) is 5. The second-order valence-electron chi connectivity index (χ2n) is 4.34. The van der Waals surface area contributed by atoms with Crippen LogP contribution in [0.15, 0.2) is 0 Å². The molecule has 5 nitrogen and oxygen atoms in total. The molecule has 0 saturated carbocycles. The van der Waals surface area contributed by atoms with Crippen molar-refractivity contribution in [3.63, 3.8) is 0 Å². The molecule has 0 radical (unpaired) electrons. The number of nitrogens with one attached hydrogen (secondary N) is 1. The molecule has 108 valence electrons. The molecule has 0 aliphatic carbocycles. The highest BCUT2D eigenvalue weighted by atomic mass is 32.1. The monoisotopic (exact) mass is 286 g/mol. The number of aliphatic carboxylic acids is 1. The largest absolute Gasteiger partial charge is 0.481 e. The van der Waals surface area contributed by atoms with E-state index in [9.17, 15) is 4.79 Å². The number of ether oxygens (including phenoxy) is 1. The lowest BCUT2D eigenvalue weighted by molar-refractivity contribution is -0.136. The van der Waals surface area contributed by atoms with E-state index in [4.69, 9.17) is 9.84 Å². The van der Waals surface area contributed by atoms with Crippen molar-refractivity contribution >= 4 is 22.4 Å². The zero-order valence-corrected chi connectivity index (χ0v) is 12.4. The molecule has 0 bridgehead atoms. The van der Waals surface area contributed by atoms with Crippen LogP contribution in [-0.4, -0.2) is 35.8 Å². The number of unbranched alkanes of at least 4 members (excludes halogenated alkanes) is 1. The van der Waals surface area contributed by atoms with Crippen LogP contribution in [0.2, 0.25) is 0 Å². The van der Waals surface area contributed by atoms with Crippen LogP contribution in [0.5, 0.6) is 0 Å². The Kier molecular flexibility index (Phi) is 7.43. The lowest BCUT2D eigenvalue weighted by Gasteiger charge is -2.04. The molecule has 0 aliphatic heterocycles. The van der Waals surface area contributed by atoms with E-state index in [1.807, 2.05) is 6.92 Å². The van der Waals surface area contributed by atoms with Gasteiger partial charge < -0.3 is 15.2 Å². The Morgan fingerprint density at radius 1 is 1.42 bits per heavy atom. The van der Waals surface area contributed by atoms with Gasteiger partial charge in [-0.05, 0) is 19.8 Å². The quantitative estimate of drug-likeness (QED) is 0.647. The van der Waals surface area contributed by atoms with Gasteiger partial charge in [0.1, 0.15) is 0 Å². The number of aryl methyl sites for hydroxylation is 1. The van der Waals surface area contributed by atoms with Gasteiger partial charge in [0.15, 0.2) is 5.13 Å². The van der Waals surface area contributed by atoms with Crippen LogP contribution in [0.25, 0.3) is 0 Å². The van der Waals surface area contributed by atoms with Crippen LogP contribution < -0.4 is 5.32 Å². The minimum atomic E-state index is -0.843. The molecule has 19 heavy (non-hydrogen) atoms. The summed E-state index contributed by atoms with van der Waals surface area (Å²) >= 11 is 1.50. The Hall–Kier alpha value is -1.14. The van der Waals surface area contributed by atoms with Gasteiger partial charge in [-0.2, -0.15) is 0 Å². The van der Waals surface area contributed by atoms with E-state index in [2.05, 4.69) is 17.2 Å². The first-order valence-corrected chi connectivity index (χ1v) is 7.44. The molecule has 0 fully saturated rings. The Morgan fingerprint density at radius 3 is 2.84 bits per heavy atom. The summed E-state index contributed by atoms with van der Waals surface area (Å²) in [5.41, 5.74) is 0.652. The summed E-state index contributed by atoms with van der Waals surface area (Å²) in [6.07, 6.45) is 3.18. The number of anilines is 1. The third-order valence-electron chi connectivity index (χ3n) is 2.60. The maximum Gasteiger partial charge on any atom is 0.309 e. The average molecular weight is 286 g/mol. The fraction of sp³-hybridized carbons (Fsp3) is 0.692. The lowest BCUT2D eigenvalue weighted by atomic mass is 10.3. The highest BCUT2D eigenvalue weighted by Crippen LogP contribution is 2.22. The van der Waals surface area contributed by atoms with Crippen LogP contribution in [0.3, 0.4) is 0 Å². The van der Waals surface area contributed by atoms with Gasteiger partial charge in [0.05, 0.1) is 12.1 Å². The zero-order chi connectivity index (χ0) is 14.1. The van der Waals surface area contributed by atoms with Crippen molar-refractivity contribution in [2.75, 3.05) is 25.1 Å². The van der Waals surface area contributed by atoms with Crippen molar-refractivity contribution < 1.29 is 14.6 Å². The molecule has 0 unspecified atom stereocenters. The molecule has 0 spiro atoms. The molecule has 2 N–H and O–H groups in total. The standard InChI is InChI=1S/C13H22N2O3S/c1-3-4-7-18-8-5-6-14-13-15-11(9-12(16)17)10(2)19-13/h3-9H2,1-2H3,(H,14,15)(H,16,17). The van der Waals surface area contributed by atoms with E-state index in [-0.39, 0.29) is 6.42 Å². The Labute approximate surface area is 118 Å². The van der Waals surface area contributed by atoms with Gasteiger partial charge in [0.25, 0.3) is 0 Å². The fourth-order valence-corrected chi connectivity index (χ4v) is 2.38. The van der Waals surface area contributed by atoms with Crippen molar-refractivity contribution in [1.82, 2.24) is 4.98 Å². The first kappa shape index (κ1) is 15.9. The summed E-state index contributed by atoms with van der Waals surface area (Å²) in [6.45, 7) is 6.42. The molecule has 1 rings (SSSR count). The third-order valence-corrected chi connectivity index (χ3v) is 3.57. The summed E-state index contributed by atoms with van der Waals surface area (Å²) < 4.78 is 5.46. The van der Waals surface area contributed by atoms with Crippen LogP contribution >= 0.6 is 11.3 Å². The molecule has 1 heterocycles. The number of rotatable bonds is 10. The fourth-order valence-electron chi connectivity index (χ4n) is 1.53. The summed E-state index contributed by atoms with van der Waals surface area (Å²) in [4.78, 5) is 15.9. The first-order valence-electron chi connectivity index (χ1n) is 6.63. The van der Waals surface area contributed by atoms with Crippen molar-refractivity contribution in [3.05, 3.63) is 10.6 Å². The van der Waals surface area contributed by atoms with Gasteiger partial charge in [-0.15, -0.1) is 11.3 Å². The summed E-state index contributed by atoms with van der Waals surface area (Å²) in [5, 5.41) is 12.7. The van der Waals surface area contributed by atoms with Crippen molar-refractivity contribution in [3.8, 4) is 0 Å². The van der Waals surface area contributed by atoms with Gasteiger partial charge in [0.2, 0.25) is 0 Å². The Morgan fingerprint density at radius 2 is 2.16 bits per heavy atom. The van der Waals surface area contributed by atoms with Crippen LogP contribution in [0.1, 0.15) is 36.8 Å². The summed E-state index contributed by atoms with van der Waals surface area (Å²) in [5.74, 6) is -0.843. The highest BCUT2D eigenvalue weighted by molar-refractivity contribution is 7.15. The maximum atomic E-state index is 10.6. The molecule has 0 saturated heterocycles. The van der Waals surface area contributed by atoms with E-state index in [0.29, 0.717) is 5.69 Å². The molecule has 0 atom stereocenters. The molecular formula is C13H22N2O3S. The number of carbonyl (C=O) groups is 1. The van der Waals surface area contributed by atoms with E-state index in [1.165, 1.54) is 11.3 Å². The Balaban J connectivity index is 2.21. The smallest absolute Gasteiger partial charge is 0.309 e. The lowest BCUT2D eigenvalue weighted by Crippen LogP contribution is -2.06. The van der Waals surface area contributed by atoms with Crippen LogP contribution in [0.4, 0.5) is 5.13 Å². The van der Waals surface area contributed by atoms with Crippen molar-refractivity contribution in [1.29, 1.82) is 0 Å². The summed E-state index contributed by atoms with van der Waals surface area (Å²) in [7, 11) is 0. The molecule has 1 aromatic heterocycles. The van der Waals surface area contributed by atoms with Gasteiger partial charge >= 0.3 is 5.97 Å². The first-order chi connectivity index (χ1) is 9.13. The van der Waals surface area contributed by atoms with Gasteiger partial charge in [-0.25, -0.2) is 4.98 Å². The number of nitrogens with zero attached hydrogens (tertiary/aromatic N) is 1. The van der Waals surface area contributed by atoms with Crippen molar-refractivity contribution in [2.45, 2.75) is 39.5 Å². The molecule has 0 aromatic carbocycles. The number of aromatic nitrogens is 1. The average Bonchev–Trinajstić information content (AvgIpc) is 2.68. The second-order valence-corrected chi connectivity index (χ2v) is 5.54. The minimum Gasteiger partial charge on any atom is -0.481 e. The van der Waals surface area contributed by atoms with E-state index in [0.717, 1.165) is 49.0 Å². The number of hydrogen-bond donors (Lipinski definition) is 2. The SMILES string of the molecule is CCCCOCCCNc1nc(CC(=O)O)c(C)s1. The molecular weight excluding hydrogens is 264 g/mol. The number of carboxylic acid groups (broad SMARTS) is 1.